The van der Waals surface area contributed by atoms with Gasteiger partial charge in [0.15, 0.2) is 0 Å². The van der Waals surface area contributed by atoms with E-state index in [0.29, 0.717) is 16.7 Å². The molecule has 2 heterocycles. The van der Waals surface area contributed by atoms with Crippen LogP contribution in [0.25, 0.3) is 77.2 Å². The molecule has 9 rings (SSSR count). The zero-order valence-electron chi connectivity index (χ0n) is 26.7. The van der Waals surface area contributed by atoms with Crippen LogP contribution in [-0.2, 0) is 0 Å². The van der Waals surface area contributed by atoms with Crippen LogP contribution in [0.5, 0.6) is 0 Å². The summed E-state index contributed by atoms with van der Waals surface area (Å²) in [5.74, 6) is 0. The highest BCUT2D eigenvalue weighted by atomic mass is 15.0. The van der Waals surface area contributed by atoms with Gasteiger partial charge in [0.05, 0.1) is 62.3 Å². The van der Waals surface area contributed by atoms with E-state index in [1.165, 1.54) is 0 Å². The van der Waals surface area contributed by atoms with Gasteiger partial charge in [-0.15, -0.1) is 0 Å². The molecular formula is C45H25N5. The lowest BCUT2D eigenvalue weighted by atomic mass is 9.96. The molecule has 0 aliphatic rings. The van der Waals surface area contributed by atoms with Crippen molar-refractivity contribution in [3.63, 3.8) is 0 Å². The van der Waals surface area contributed by atoms with Crippen LogP contribution in [-0.4, -0.2) is 9.13 Å². The number of nitrogens with zero attached hydrogens (tertiary/aromatic N) is 5. The maximum absolute atomic E-state index is 10.5. The zero-order chi connectivity index (χ0) is 33.8. The first kappa shape index (κ1) is 28.8. The van der Waals surface area contributed by atoms with Crippen molar-refractivity contribution in [2.75, 3.05) is 0 Å². The van der Waals surface area contributed by atoms with Crippen LogP contribution in [0, 0.1) is 34.0 Å². The van der Waals surface area contributed by atoms with Gasteiger partial charge in [0, 0.05) is 27.1 Å². The maximum atomic E-state index is 10.5. The summed E-state index contributed by atoms with van der Waals surface area (Å²) in [5, 5.41) is 34.0. The summed E-state index contributed by atoms with van der Waals surface area (Å²) in [7, 11) is 0. The van der Waals surface area contributed by atoms with Crippen molar-refractivity contribution >= 4 is 43.6 Å². The Hall–Kier alpha value is -7.39. The molecule has 0 atom stereocenters. The molecule has 0 saturated carbocycles. The lowest BCUT2D eigenvalue weighted by molar-refractivity contribution is 1.17. The van der Waals surface area contributed by atoms with E-state index >= 15 is 0 Å². The van der Waals surface area contributed by atoms with Crippen molar-refractivity contribution in [2.45, 2.75) is 0 Å². The maximum Gasteiger partial charge on any atom is 0.101 e. The molecule has 5 nitrogen and oxygen atoms in total. The average Bonchev–Trinajstić information content (AvgIpc) is 3.69. The third kappa shape index (κ3) is 4.38. The minimum Gasteiger partial charge on any atom is -0.309 e. The van der Waals surface area contributed by atoms with Gasteiger partial charge in [-0.1, -0.05) is 84.9 Å². The molecular weight excluding hydrogens is 611 g/mol. The van der Waals surface area contributed by atoms with Crippen LogP contribution in [0.4, 0.5) is 0 Å². The largest absolute Gasteiger partial charge is 0.309 e. The van der Waals surface area contributed by atoms with Gasteiger partial charge >= 0.3 is 0 Å². The number of aromatic nitrogens is 2. The Labute approximate surface area is 287 Å². The third-order valence-corrected chi connectivity index (χ3v) is 9.61. The van der Waals surface area contributed by atoms with E-state index in [-0.39, 0.29) is 0 Å². The number of benzene rings is 7. The van der Waals surface area contributed by atoms with E-state index in [4.69, 9.17) is 0 Å². The van der Waals surface area contributed by atoms with E-state index in [9.17, 15) is 15.8 Å². The fourth-order valence-electron chi connectivity index (χ4n) is 7.38. The quantitative estimate of drug-likeness (QED) is 0.193. The SMILES string of the molecule is N#Cc1ccc2c(c1)c1ccccc1n2-c1ccc(-c2cccc(-c3ccccc3-n3c4ccccc4c4ccc(C#N)cc43)c2)cc1C#N. The number of hydrogen-bond acceptors (Lipinski definition) is 3. The van der Waals surface area contributed by atoms with Crippen molar-refractivity contribution in [3.05, 3.63) is 168 Å². The van der Waals surface area contributed by atoms with Gasteiger partial charge in [-0.25, -0.2) is 0 Å². The zero-order valence-corrected chi connectivity index (χ0v) is 26.7. The van der Waals surface area contributed by atoms with Crippen molar-refractivity contribution < 1.29 is 0 Å². The molecule has 50 heavy (non-hydrogen) atoms. The molecule has 9 aromatic rings. The number of rotatable bonds is 4. The summed E-state index contributed by atoms with van der Waals surface area (Å²) >= 11 is 0. The highest BCUT2D eigenvalue weighted by Crippen LogP contribution is 2.39. The first-order chi connectivity index (χ1) is 24.7. The lowest BCUT2D eigenvalue weighted by Crippen LogP contribution is -1.98. The number of fused-ring (bicyclic) bond motifs is 6. The molecule has 2 aromatic heterocycles. The third-order valence-electron chi connectivity index (χ3n) is 9.61. The molecule has 230 valence electrons. The van der Waals surface area contributed by atoms with Crippen LogP contribution in [0.2, 0.25) is 0 Å². The standard InChI is InChI=1S/C45H25N5/c46-26-29-17-20-44-39(22-29)37-12-3-6-15-43(37)49(44)40-21-18-32(25-34(40)28-48)31-8-7-9-33(24-31)35-10-1-4-13-41(35)50-42-14-5-2-11-36(42)38-19-16-30(27-47)23-45(38)50/h1-25H. The second-order valence-corrected chi connectivity index (χ2v) is 12.3. The Morgan fingerprint density at radius 3 is 1.74 bits per heavy atom. The first-order valence-electron chi connectivity index (χ1n) is 16.3. The Bertz CT molecular complexity index is 2970. The topological polar surface area (TPSA) is 81.2 Å². The smallest absolute Gasteiger partial charge is 0.101 e. The van der Waals surface area contributed by atoms with Gasteiger partial charge in [-0.3, -0.25) is 0 Å². The fraction of sp³-hybridized carbons (Fsp3) is 0. The second kappa shape index (κ2) is 11.4. The summed E-state index contributed by atoms with van der Waals surface area (Å²) in [6.45, 7) is 0. The van der Waals surface area contributed by atoms with E-state index < -0.39 is 0 Å². The van der Waals surface area contributed by atoms with E-state index in [1.54, 1.807) is 0 Å². The van der Waals surface area contributed by atoms with Gasteiger partial charge in [0.2, 0.25) is 0 Å². The van der Waals surface area contributed by atoms with Gasteiger partial charge in [-0.05, 0) is 83.4 Å². The molecule has 0 spiro atoms. The summed E-state index contributed by atoms with van der Waals surface area (Å²) in [6.07, 6.45) is 0. The molecule has 0 saturated heterocycles. The van der Waals surface area contributed by atoms with Crippen LogP contribution in [0.1, 0.15) is 16.7 Å². The molecule has 7 aromatic carbocycles. The molecule has 5 heteroatoms. The molecule has 0 bridgehead atoms. The number of hydrogen-bond donors (Lipinski definition) is 0. The van der Waals surface area contributed by atoms with Gasteiger partial charge in [-0.2, -0.15) is 15.8 Å². The van der Waals surface area contributed by atoms with E-state index in [0.717, 1.165) is 77.2 Å². The van der Waals surface area contributed by atoms with Crippen LogP contribution >= 0.6 is 0 Å². The molecule has 0 radical (unpaired) electrons. The van der Waals surface area contributed by atoms with Gasteiger partial charge in [0.25, 0.3) is 0 Å². The lowest BCUT2D eigenvalue weighted by Gasteiger charge is -2.15. The Morgan fingerprint density at radius 2 is 0.960 bits per heavy atom. The highest BCUT2D eigenvalue weighted by Gasteiger charge is 2.18. The predicted octanol–water partition coefficient (Wildman–Crippen LogP) is 10.8. The van der Waals surface area contributed by atoms with Crippen LogP contribution in [0.3, 0.4) is 0 Å². The van der Waals surface area contributed by atoms with Crippen molar-refractivity contribution in [3.8, 4) is 51.8 Å². The van der Waals surface area contributed by atoms with Crippen molar-refractivity contribution in [1.82, 2.24) is 9.13 Å². The van der Waals surface area contributed by atoms with Gasteiger partial charge in [0.1, 0.15) is 6.07 Å². The minimum atomic E-state index is 0.555. The fourth-order valence-corrected chi connectivity index (χ4v) is 7.38. The molecule has 0 amide bonds. The first-order valence-corrected chi connectivity index (χ1v) is 16.3. The van der Waals surface area contributed by atoms with E-state index in [2.05, 4.69) is 94.1 Å². The summed E-state index contributed by atoms with van der Waals surface area (Å²) in [5.41, 5.74) is 11.6. The Morgan fingerprint density at radius 1 is 0.360 bits per heavy atom. The van der Waals surface area contributed by atoms with Gasteiger partial charge < -0.3 is 9.13 Å². The monoisotopic (exact) mass is 635 g/mol. The summed E-state index contributed by atoms with van der Waals surface area (Å²) < 4.78 is 4.37. The molecule has 0 aliphatic carbocycles. The summed E-state index contributed by atoms with van der Waals surface area (Å²) in [6, 6.07) is 57.9. The number of nitriles is 3. The molecule has 0 fully saturated rings. The Balaban J connectivity index is 1.19. The minimum absolute atomic E-state index is 0.555. The van der Waals surface area contributed by atoms with E-state index in [1.807, 2.05) is 84.9 Å². The molecule has 0 aliphatic heterocycles. The molecule has 0 N–H and O–H groups in total. The average molecular weight is 636 g/mol. The van der Waals surface area contributed by atoms with Crippen molar-refractivity contribution in [2.24, 2.45) is 0 Å². The summed E-state index contributed by atoms with van der Waals surface area (Å²) in [4.78, 5) is 0. The van der Waals surface area contributed by atoms with Crippen LogP contribution < -0.4 is 0 Å². The van der Waals surface area contributed by atoms with Crippen molar-refractivity contribution in [1.29, 1.82) is 15.8 Å². The Kier molecular flexibility index (Phi) is 6.56. The normalized spacial score (nSPS) is 11.1. The number of para-hydroxylation sites is 3. The predicted molar refractivity (Wildman–Crippen MR) is 200 cm³/mol. The second-order valence-electron chi connectivity index (χ2n) is 12.3. The molecule has 0 unspecified atom stereocenters. The van der Waals surface area contributed by atoms with Crippen LogP contribution in [0.15, 0.2) is 152 Å². The highest BCUT2D eigenvalue weighted by molar-refractivity contribution is 6.11.